The molecule has 7 atom stereocenters. The number of ketones is 2. The second kappa shape index (κ2) is 10.3. The number of hydrogen-bond donors (Lipinski definition) is 4. The Labute approximate surface area is 246 Å². The van der Waals surface area contributed by atoms with E-state index in [1.807, 2.05) is 6.92 Å². The van der Waals surface area contributed by atoms with Crippen molar-refractivity contribution in [1.82, 2.24) is 0 Å². The molecule has 0 unspecified atom stereocenters. The highest BCUT2D eigenvalue weighted by atomic mass is 16.6. The third-order valence-electron chi connectivity index (χ3n) is 10.6. The second-order valence-corrected chi connectivity index (χ2v) is 14.2. The number of fused-ring (bicyclic) bond motifs is 3. The minimum Gasteiger partial charge on any atom is -0.481 e. The summed E-state index contributed by atoms with van der Waals surface area (Å²) in [5.41, 5.74) is -7.66. The van der Waals surface area contributed by atoms with Crippen LogP contribution in [0.2, 0.25) is 0 Å². The minimum atomic E-state index is -2.11. The van der Waals surface area contributed by atoms with E-state index in [0.717, 1.165) is 12.2 Å². The molecule has 0 radical (unpaired) electrons. The second-order valence-electron chi connectivity index (χ2n) is 14.2. The van der Waals surface area contributed by atoms with Gasteiger partial charge < -0.3 is 25.2 Å². The number of aliphatic carboxylic acids is 2. The molecule has 0 amide bonds. The van der Waals surface area contributed by atoms with Gasteiger partial charge in [0.25, 0.3) is 0 Å². The van der Waals surface area contributed by atoms with Crippen molar-refractivity contribution in [2.24, 2.45) is 33.5 Å². The van der Waals surface area contributed by atoms with Gasteiger partial charge in [0.05, 0.1) is 16.9 Å². The molecule has 2 saturated carbocycles. The van der Waals surface area contributed by atoms with Gasteiger partial charge >= 0.3 is 17.9 Å². The zero-order valence-corrected chi connectivity index (χ0v) is 25.9. The van der Waals surface area contributed by atoms with E-state index in [2.05, 4.69) is 0 Å². The van der Waals surface area contributed by atoms with Gasteiger partial charge in [0.2, 0.25) is 0 Å². The summed E-state index contributed by atoms with van der Waals surface area (Å²) in [7, 11) is 0. The molecule has 3 aliphatic rings. The lowest BCUT2D eigenvalue weighted by atomic mass is 9.40. The van der Waals surface area contributed by atoms with E-state index in [1.165, 1.54) is 33.8 Å². The van der Waals surface area contributed by atoms with Gasteiger partial charge in [-0.3, -0.25) is 19.2 Å². The van der Waals surface area contributed by atoms with Gasteiger partial charge in [-0.1, -0.05) is 19.9 Å². The third kappa shape index (κ3) is 4.96. The topological polar surface area (TPSA) is 176 Å². The van der Waals surface area contributed by atoms with Crippen molar-refractivity contribution in [1.29, 1.82) is 0 Å². The molecule has 2 fully saturated rings. The van der Waals surface area contributed by atoms with Gasteiger partial charge in [0.15, 0.2) is 5.78 Å². The number of ether oxygens (including phenoxy) is 1. The highest BCUT2D eigenvalue weighted by molar-refractivity contribution is 5.98. The first kappa shape index (κ1) is 33.4. The fourth-order valence-electron chi connectivity index (χ4n) is 8.28. The standard InChI is InChI=1S/C32H44O10/c1-17(33)42-27(2,3)13-12-22(35)32(9,41)25-20(34)15-29(6)21-11-10-18(28(4,5)26(39)40)19(14-24(37)38)31(21,8)23(36)16-30(25,29)7/h10,12-14,20-21,25,34,41H,11,15-16H2,1-9H3,(H,37,38)(H,39,40)/b13-12+,19-14+/t20-,21+,25+,29+,30-,31+,32+/m1/s1. The number of carboxylic acids is 2. The fourth-order valence-corrected chi connectivity index (χ4v) is 8.28. The molecule has 0 heterocycles. The summed E-state index contributed by atoms with van der Waals surface area (Å²) in [6.45, 7) is 14.0. The Bertz CT molecular complexity index is 1310. The van der Waals surface area contributed by atoms with E-state index >= 15 is 0 Å². The molecule has 232 valence electrons. The first-order valence-electron chi connectivity index (χ1n) is 14.2. The first-order valence-corrected chi connectivity index (χ1v) is 14.2. The molecule has 0 bridgehead atoms. The number of allylic oxidation sites excluding steroid dienone is 2. The largest absolute Gasteiger partial charge is 0.481 e. The number of carbonyl (C=O) groups excluding carboxylic acids is 3. The molecular formula is C32H44O10. The molecule has 3 rings (SSSR count). The van der Waals surface area contributed by atoms with Crippen LogP contribution < -0.4 is 0 Å². The van der Waals surface area contributed by atoms with Crippen molar-refractivity contribution in [2.75, 3.05) is 0 Å². The maximum atomic E-state index is 14.3. The molecule has 0 aromatic carbocycles. The number of aliphatic hydroxyl groups excluding tert-OH is 1. The van der Waals surface area contributed by atoms with Gasteiger partial charge in [-0.25, -0.2) is 4.79 Å². The molecule has 0 aliphatic heterocycles. The van der Waals surface area contributed by atoms with Crippen molar-refractivity contribution in [3.8, 4) is 0 Å². The average Bonchev–Trinajstić information content (AvgIpc) is 3.02. The van der Waals surface area contributed by atoms with Crippen LogP contribution in [0.1, 0.15) is 81.6 Å². The Morgan fingerprint density at radius 3 is 2.10 bits per heavy atom. The Kier molecular flexibility index (Phi) is 8.16. The zero-order valence-electron chi connectivity index (χ0n) is 25.9. The molecule has 4 N–H and O–H groups in total. The number of carboxylic acid groups (broad SMARTS) is 2. The average molecular weight is 589 g/mol. The molecule has 10 nitrogen and oxygen atoms in total. The number of carbonyl (C=O) groups is 5. The third-order valence-corrected chi connectivity index (χ3v) is 10.6. The molecule has 42 heavy (non-hydrogen) atoms. The lowest BCUT2D eigenvalue weighted by Crippen LogP contribution is -2.62. The lowest BCUT2D eigenvalue weighted by molar-refractivity contribution is -0.171. The predicted molar refractivity (Wildman–Crippen MR) is 152 cm³/mol. The molecule has 3 aliphatic carbocycles. The monoisotopic (exact) mass is 588 g/mol. The van der Waals surface area contributed by atoms with Crippen LogP contribution in [0.15, 0.2) is 35.5 Å². The van der Waals surface area contributed by atoms with Crippen LogP contribution in [-0.2, 0) is 28.7 Å². The summed E-state index contributed by atoms with van der Waals surface area (Å²) in [6.07, 6.45) is 4.09. The van der Waals surface area contributed by atoms with E-state index in [0.29, 0.717) is 0 Å². The number of hydrogen-bond acceptors (Lipinski definition) is 8. The van der Waals surface area contributed by atoms with Crippen molar-refractivity contribution in [3.63, 3.8) is 0 Å². The van der Waals surface area contributed by atoms with Gasteiger partial charge in [-0.2, -0.15) is 0 Å². The highest BCUT2D eigenvalue weighted by Crippen LogP contribution is 2.73. The van der Waals surface area contributed by atoms with E-state index in [4.69, 9.17) is 4.74 Å². The maximum Gasteiger partial charge on any atom is 0.328 e. The number of aliphatic hydroxyl groups is 2. The summed E-state index contributed by atoms with van der Waals surface area (Å²) in [6, 6.07) is 0. The summed E-state index contributed by atoms with van der Waals surface area (Å²) < 4.78 is 5.20. The number of esters is 1. The van der Waals surface area contributed by atoms with E-state index in [1.54, 1.807) is 33.8 Å². The van der Waals surface area contributed by atoms with Crippen LogP contribution >= 0.6 is 0 Å². The van der Waals surface area contributed by atoms with Gasteiger partial charge in [0, 0.05) is 25.3 Å². The zero-order chi connectivity index (χ0) is 32.4. The van der Waals surface area contributed by atoms with E-state index < -0.39 is 74.5 Å². The van der Waals surface area contributed by atoms with E-state index in [9.17, 15) is 44.4 Å². The summed E-state index contributed by atoms with van der Waals surface area (Å²) in [5.74, 6) is -5.72. The van der Waals surface area contributed by atoms with Gasteiger partial charge in [-0.05, 0) is 94.4 Å². The quantitative estimate of drug-likeness (QED) is 0.242. The fraction of sp³-hybridized carbons (Fsp3) is 0.656. The number of Topliss-reactive ketones (excluding diaryl/α,β-unsaturated/α-hetero) is 1. The molecular weight excluding hydrogens is 544 g/mol. The van der Waals surface area contributed by atoms with Crippen LogP contribution in [0.3, 0.4) is 0 Å². The molecule has 0 saturated heterocycles. The summed E-state index contributed by atoms with van der Waals surface area (Å²) >= 11 is 0. The van der Waals surface area contributed by atoms with Crippen LogP contribution in [0.5, 0.6) is 0 Å². The number of rotatable bonds is 8. The Morgan fingerprint density at radius 1 is 1.02 bits per heavy atom. The molecule has 10 heteroatoms. The first-order chi connectivity index (χ1) is 18.9. The lowest BCUT2D eigenvalue weighted by Gasteiger charge is -2.61. The summed E-state index contributed by atoms with van der Waals surface area (Å²) in [5, 5.41) is 43.0. The molecule has 0 spiro atoms. The highest BCUT2D eigenvalue weighted by Gasteiger charge is 2.73. The van der Waals surface area contributed by atoms with Crippen molar-refractivity contribution >= 4 is 29.5 Å². The van der Waals surface area contributed by atoms with Crippen LogP contribution in [0.25, 0.3) is 0 Å². The smallest absolute Gasteiger partial charge is 0.328 e. The van der Waals surface area contributed by atoms with Crippen molar-refractivity contribution in [2.45, 2.75) is 98.9 Å². The predicted octanol–water partition coefficient (Wildman–Crippen LogP) is 3.65. The van der Waals surface area contributed by atoms with Crippen molar-refractivity contribution < 1.29 is 49.1 Å². The maximum absolute atomic E-state index is 14.3. The van der Waals surface area contributed by atoms with Crippen LogP contribution in [-0.4, -0.2) is 67.2 Å². The Hall–Kier alpha value is -3.11. The Balaban J connectivity index is 2.15. The van der Waals surface area contributed by atoms with Crippen LogP contribution in [0, 0.1) is 33.5 Å². The van der Waals surface area contributed by atoms with Gasteiger partial charge in [0.1, 0.15) is 17.0 Å². The SMILES string of the molecule is CC(=O)OC(C)(C)/C=C/C(=O)[C@](C)(O)[C@H]1[C@H](O)C[C@@]2(C)[C@@H]3CC=C(C(C)(C)C(=O)O)/C(=C\C(=O)O)[C@]3(C)C(=O)C[C@]12C. The minimum absolute atomic E-state index is 0.125. The van der Waals surface area contributed by atoms with Crippen molar-refractivity contribution in [3.05, 3.63) is 35.5 Å². The van der Waals surface area contributed by atoms with Crippen LogP contribution in [0.4, 0.5) is 0 Å². The van der Waals surface area contributed by atoms with Gasteiger partial charge in [-0.15, -0.1) is 0 Å². The molecule has 0 aromatic heterocycles. The normalized spacial score (nSPS) is 35.7. The summed E-state index contributed by atoms with van der Waals surface area (Å²) in [4.78, 5) is 63.3. The Morgan fingerprint density at radius 2 is 1.60 bits per heavy atom. The van der Waals surface area contributed by atoms with E-state index in [-0.39, 0.29) is 36.2 Å². The molecule has 0 aromatic rings.